The summed E-state index contributed by atoms with van der Waals surface area (Å²) in [5.74, 6) is 1.25. The van der Waals surface area contributed by atoms with E-state index in [-0.39, 0.29) is 5.91 Å². The number of carbonyl (C=O) groups is 1. The molecule has 6 nitrogen and oxygen atoms in total. The molecular weight excluding hydrogens is 362 g/mol. The number of nitrogens with zero attached hydrogens (tertiary/aromatic N) is 2. The number of methoxy groups -OCH3 is 2. The van der Waals surface area contributed by atoms with Crippen LogP contribution in [-0.4, -0.2) is 36.6 Å². The Kier molecular flexibility index (Phi) is 6.03. The third kappa shape index (κ3) is 4.43. The lowest BCUT2D eigenvalue weighted by Gasteiger charge is -2.10. The molecule has 0 fully saturated rings. The fourth-order valence-electron chi connectivity index (χ4n) is 2.64. The summed E-state index contributed by atoms with van der Waals surface area (Å²) < 4.78 is 10.5. The van der Waals surface area contributed by atoms with E-state index in [4.69, 9.17) is 9.47 Å². The zero-order valence-electron chi connectivity index (χ0n) is 15.5. The second-order valence-corrected chi connectivity index (χ2v) is 6.84. The molecule has 3 aromatic rings. The molecule has 0 aliphatic heterocycles. The number of pyridine rings is 1. The molecule has 3 rings (SSSR count). The number of aromatic nitrogens is 2. The highest BCUT2D eigenvalue weighted by atomic mass is 32.1. The van der Waals surface area contributed by atoms with Crippen LogP contribution in [0.25, 0.3) is 10.7 Å². The van der Waals surface area contributed by atoms with Gasteiger partial charge in [0.1, 0.15) is 9.88 Å². The Bertz CT molecular complexity index is 925. The first-order valence-corrected chi connectivity index (χ1v) is 9.32. The summed E-state index contributed by atoms with van der Waals surface area (Å²) in [5.41, 5.74) is 2.54. The van der Waals surface area contributed by atoms with Crippen LogP contribution in [0.15, 0.2) is 42.6 Å². The first kappa shape index (κ1) is 18.8. The second kappa shape index (κ2) is 8.64. The average Bonchev–Trinajstić information content (AvgIpc) is 3.10. The highest BCUT2D eigenvalue weighted by molar-refractivity contribution is 7.17. The minimum Gasteiger partial charge on any atom is -0.493 e. The molecule has 140 valence electrons. The fourth-order valence-corrected chi connectivity index (χ4v) is 3.60. The van der Waals surface area contributed by atoms with Gasteiger partial charge in [0.2, 0.25) is 0 Å². The highest BCUT2D eigenvalue weighted by Gasteiger charge is 2.16. The van der Waals surface area contributed by atoms with E-state index in [1.54, 1.807) is 20.4 Å². The predicted octanol–water partition coefficient (Wildman–Crippen LogP) is 3.50. The predicted molar refractivity (Wildman–Crippen MR) is 106 cm³/mol. The first-order valence-electron chi connectivity index (χ1n) is 8.50. The van der Waals surface area contributed by atoms with Crippen LogP contribution in [0, 0.1) is 6.92 Å². The van der Waals surface area contributed by atoms with Gasteiger partial charge in [-0.15, -0.1) is 11.3 Å². The molecule has 0 saturated heterocycles. The van der Waals surface area contributed by atoms with Gasteiger partial charge in [-0.05, 0) is 43.2 Å². The van der Waals surface area contributed by atoms with E-state index in [9.17, 15) is 4.79 Å². The van der Waals surface area contributed by atoms with Crippen LogP contribution < -0.4 is 14.8 Å². The Morgan fingerprint density at radius 3 is 2.67 bits per heavy atom. The van der Waals surface area contributed by atoms with Gasteiger partial charge in [-0.25, -0.2) is 4.98 Å². The summed E-state index contributed by atoms with van der Waals surface area (Å²) in [5, 5.41) is 3.71. The zero-order chi connectivity index (χ0) is 19.2. The van der Waals surface area contributed by atoms with E-state index in [0.717, 1.165) is 16.3 Å². The Labute approximate surface area is 162 Å². The first-order chi connectivity index (χ1) is 13.1. The van der Waals surface area contributed by atoms with Crippen molar-refractivity contribution in [3.63, 3.8) is 0 Å². The smallest absolute Gasteiger partial charge is 0.263 e. The number of amides is 1. The lowest BCUT2D eigenvalue weighted by atomic mass is 10.1. The molecule has 0 atom stereocenters. The summed E-state index contributed by atoms with van der Waals surface area (Å²) >= 11 is 1.36. The molecule has 2 heterocycles. The standard InChI is InChI=1S/C20H21N3O3S/c1-13-18(27-20(23-13)15-6-4-5-10-21-15)19(24)22-11-9-14-7-8-16(25-2)17(12-14)26-3/h4-8,10,12H,9,11H2,1-3H3,(H,22,24). The lowest BCUT2D eigenvalue weighted by molar-refractivity contribution is 0.0957. The summed E-state index contributed by atoms with van der Waals surface area (Å²) in [4.78, 5) is 21.9. The summed E-state index contributed by atoms with van der Waals surface area (Å²) in [6.07, 6.45) is 2.41. The van der Waals surface area contributed by atoms with Crippen LogP contribution in [-0.2, 0) is 6.42 Å². The molecule has 0 aliphatic carbocycles. The molecule has 1 N–H and O–H groups in total. The maximum Gasteiger partial charge on any atom is 0.263 e. The van der Waals surface area contributed by atoms with Crippen molar-refractivity contribution < 1.29 is 14.3 Å². The van der Waals surface area contributed by atoms with Crippen molar-refractivity contribution in [2.45, 2.75) is 13.3 Å². The molecule has 27 heavy (non-hydrogen) atoms. The number of aryl methyl sites for hydroxylation is 1. The highest BCUT2D eigenvalue weighted by Crippen LogP contribution is 2.28. The summed E-state index contributed by atoms with van der Waals surface area (Å²) in [7, 11) is 3.21. The van der Waals surface area contributed by atoms with E-state index >= 15 is 0 Å². The van der Waals surface area contributed by atoms with E-state index in [2.05, 4.69) is 15.3 Å². The molecule has 0 spiro atoms. The van der Waals surface area contributed by atoms with Gasteiger partial charge >= 0.3 is 0 Å². The van der Waals surface area contributed by atoms with E-state index in [0.29, 0.717) is 35.0 Å². The van der Waals surface area contributed by atoms with Crippen LogP contribution in [0.5, 0.6) is 11.5 Å². The molecular formula is C20H21N3O3S. The SMILES string of the molecule is COc1ccc(CCNC(=O)c2sc(-c3ccccn3)nc2C)cc1OC. The molecule has 2 aromatic heterocycles. The third-order valence-electron chi connectivity index (χ3n) is 4.03. The van der Waals surface area contributed by atoms with Gasteiger partial charge in [0, 0.05) is 12.7 Å². The molecule has 1 aromatic carbocycles. The van der Waals surface area contributed by atoms with E-state index in [1.807, 2.05) is 43.3 Å². The number of nitrogens with one attached hydrogen (secondary N) is 1. The molecule has 7 heteroatoms. The maximum atomic E-state index is 12.5. The van der Waals surface area contributed by atoms with Gasteiger partial charge in [-0.2, -0.15) is 0 Å². The van der Waals surface area contributed by atoms with Crippen molar-refractivity contribution in [3.8, 4) is 22.2 Å². The number of rotatable bonds is 7. The molecule has 0 bridgehead atoms. The summed E-state index contributed by atoms with van der Waals surface area (Å²) in [6, 6.07) is 11.4. The van der Waals surface area contributed by atoms with Gasteiger partial charge in [-0.3, -0.25) is 9.78 Å². The van der Waals surface area contributed by atoms with Crippen molar-refractivity contribution in [1.82, 2.24) is 15.3 Å². The Balaban J connectivity index is 1.62. The van der Waals surface area contributed by atoms with Gasteiger partial charge in [0.25, 0.3) is 5.91 Å². The number of thiazole rings is 1. The molecule has 0 radical (unpaired) electrons. The Morgan fingerprint density at radius 2 is 1.96 bits per heavy atom. The number of hydrogen-bond donors (Lipinski definition) is 1. The largest absolute Gasteiger partial charge is 0.493 e. The number of ether oxygens (including phenoxy) is 2. The van der Waals surface area contributed by atoms with Crippen molar-refractivity contribution >= 4 is 17.2 Å². The Morgan fingerprint density at radius 1 is 1.15 bits per heavy atom. The van der Waals surface area contributed by atoms with Crippen molar-refractivity contribution in [3.05, 3.63) is 58.7 Å². The maximum absolute atomic E-state index is 12.5. The average molecular weight is 383 g/mol. The number of carbonyl (C=O) groups excluding carboxylic acids is 1. The van der Waals surface area contributed by atoms with Gasteiger partial charge in [-0.1, -0.05) is 12.1 Å². The van der Waals surface area contributed by atoms with Crippen LogP contribution >= 0.6 is 11.3 Å². The monoisotopic (exact) mass is 383 g/mol. The minimum atomic E-state index is -0.118. The van der Waals surface area contributed by atoms with E-state index < -0.39 is 0 Å². The Hall–Kier alpha value is -2.93. The third-order valence-corrected chi connectivity index (χ3v) is 5.21. The quantitative estimate of drug-likeness (QED) is 0.676. The van der Waals surface area contributed by atoms with Crippen LogP contribution in [0.1, 0.15) is 20.9 Å². The molecule has 0 saturated carbocycles. The van der Waals surface area contributed by atoms with Crippen LogP contribution in [0.2, 0.25) is 0 Å². The van der Waals surface area contributed by atoms with Gasteiger partial charge in [0.05, 0.1) is 25.6 Å². The minimum absolute atomic E-state index is 0.118. The van der Waals surface area contributed by atoms with Crippen molar-refractivity contribution in [2.24, 2.45) is 0 Å². The van der Waals surface area contributed by atoms with Crippen molar-refractivity contribution in [2.75, 3.05) is 20.8 Å². The molecule has 0 unspecified atom stereocenters. The van der Waals surface area contributed by atoms with Crippen LogP contribution in [0.4, 0.5) is 0 Å². The molecule has 1 amide bonds. The van der Waals surface area contributed by atoms with Crippen LogP contribution in [0.3, 0.4) is 0 Å². The normalized spacial score (nSPS) is 10.5. The zero-order valence-corrected chi connectivity index (χ0v) is 16.3. The van der Waals surface area contributed by atoms with Gasteiger partial charge in [0.15, 0.2) is 11.5 Å². The van der Waals surface area contributed by atoms with Gasteiger partial charge < -0.3 is 14.8 Å². The lowest BCUT2D eigenvalue weighted by Crippen LogP contribution is -2.25. The number of hydrogen-bond acceptors (Lipinski definition) is 6. The number of benzene rings is 1. The summed E-state index contributed by atoms with van der Waals surface area (Å²) in [6.45, 7) is 2.36. The fraction of sp³-hybridized carbons (Fsp3) is 0.250. The second-order valence-electron chi connectivity index (χ2n) is 5.84. The topological polar surface area (TPSA) is 73.3 Å². The van der Waals surface area contributed by atoms with Crippen molar-refractivity contribution in [1.29, 1.82) is 0 Å². The van der Waals surface area contributed by atoms with E-state index in [1.165, 1.54) is 11.3 Å². The molecule has 0 aliphatic rings.